The fourth-order valence-electron chi connectivity index (χ4n) is 4.47. The Morgan fingerprint density at radius 1 is 0.935 bits per heavy atom. The van der Waals surface area contributed by atoms with Gasteiger partial charge in [0.05, 0.1) is 5.52 Å². The van der Waals surface area contributed by atoms with Gasteiger partial charge in [-0.15, -0.1) is 0 Å². The Bertz CT molecular complexity index is 1060. The highest BCUT2D eigenvalue weighted by atomic mass is 16.7. The minimum Gasteiger partial charge on any atom is -0.454 e. The van der Waals surface area contributed by atoms with Gasteiger partial charge in [-0.25, -0.2) is 4.98 Å². The van der Waals surface area contributed by atoms with Crippen molar-refractivity contribution in [3.05, 3.63) is 48.0 Å². The lowest BCUT2D eigenvalue weighted by atomic mass is 9.91. The second-order valence-electron chi connectivity index (χ2n) is 8.51. The first kappa shape index (κ1) is 19.9. The maximum absolute atomic E-state index is 5.62. The molecule has 0 atom stereocenters. The number of fused-ring (bicyclic) bond motifs is 2. The standard InChI is InChI=1S/C24H29N5O2/c1-29(2)23-19-7-3-4-8-20(19)27-24(28-23)26-18-12-10-17(11-13-18)25-14-16-6-5-9-21-22(16)31-15-30-21/h3-9,17-18,25H,10-15H2,1-2H3,(H,26,27,28)/t17-,18+. The van der Waals surface area contributed by atoms with Crippen LogP contribution < -0.4 is 25.0 Å². The molecule has 162 valence electrons. The van der Waals surface area contributed by atoms with E-state index >= 15 is 0 Å². The normalized spacial score (nSPS) is 20.1. The summed E-state index contributed by atoms with van der Waals surface area (Å²) in [7, 11) is 4.05. The number of aromatic nitrogens is 2. The van der Waals surface area contributed by atoms with Crippen molar-refractivity contribution in [3.63, 3.8) is 0 Å². The fourth-order valence-corrected chi connectivity index (χ4v) is 4.47. The zero-order valence-corrected chi connectivity index (χ0v) is 18.1. The molecule has 1 fully saturated rings. The van der Waals surface area contributed by atoms with Crippen molar-refractivity contribution in [3.8, 4) is 11.5 Å². The number of hydrogen-bond donors (Lipinski definition) is 2. The van der Waals surface area contributed by atoms with Crippen molar-refractivity contribution >= 4 is 22.7 Å². The summed E-state index contributed by atoms with van der Waals surface area (Å²) in [5, 5.41) is 8.36. The predicted molar refractivity (Wildman–Crippen MR) is 123 cm³/mol. The molecule has 5 rings (SSSR count). The van der Waals surface area contributed by atoms with Gasteiger partial charge in [0, 0.05) is 43.7 Å². The Labute approximate surface area is 182 Å². The van der Waals surface area contributed by atoms with E-state index in [1.165, 1.54) is 0 Å². The van der Waals surface area contributed by atoms with Crippen molar-refractivity contribution in [2.24, 2.45) is 0 Å². The SMILES string of the molecule is CN(C)c1nc(N[C@H]2CC[C@@H](NCc3cccc4c3OCO4)CC2)nc2ccccc12. The largest absolute Gasteiger partial charge is 0.454 e. The van der Waals surface area contributed by atoms with Crippen LogP contribution in [0.2, 0.25) is 0 Å². The van der Waals surface area contributed by atoms with Crippen LogP contribution in [-0.2, 0) is 6.54 Å². The van der Waals surface area contributed by atoms with Crippen LogP contribution in [-0.4, -0.2) is 42.9 Å². The van der Waals surface area contributed by atoms with E-state index in [4.69, 9.17) is 19.4 Å². The first-order chi connectivity index (χ1) is 15.2. The maximum Gasteiger partial charge on any atom is 0.231 e. The van der Waals surface area contributed by atoms with Crippen LogP contribution in [0.25, 0.3) is 10.9 Å². The molecule has 1 aliphatic heterocycles. The second kappa shape index (κ2) is 8.59. The molecule has 7 nitrogen and oxygen atoms in total. The van der Waals surface area contributed by atoms with E-state index in [2.05, 4.69) is 22.8 Å². The minimum absolute atomic E-state index is 0.315. The minimum atomic E-state index is 0.315. The molecule has 0 amide bonds. The zero-order valence-electron chi connectivity index (χ0n) is 18.1. The molecule has 1 saturated carbocycles. The molecule has 2 N–H and O–H groups in total. The van der Waals surface area contributed by atoms with Crippen molar-refractivity contribution in [2.45, 2.75) is 44.3 Å². The number of hydrogen-bond acceptors (Lipinski definition) is 7. The number of para-hydroxylation sites is 2. The quantitative estimate of drug-likeness (QED) is 0.627. The average molecular weight is 420 g/mol. The molecular formula is C24H29N5O2. The topological polar surface area (TPSA) is 71.5 Å². The number of nitrogens with one attached hydrogen (secondary N) is 2. The molecule has 1 aliphatic carbocycles. The summed E-state index contributed by atoms with van der Waals surface area (Å²) in [6.07, 6.45) is 4.44. The molecule has 0 unspecified atom stereocenters. The summed E-state index contributed by atoms with van der Waals surface area (Å²) in [4.78, 5) is 11.6. The van der Waals surface area contributed by atoms with Gasteiger partial charge >= 0.3 is 0 Å². The van der Waals surface area contributed by atoms with Crippen LogP contribution in [0, 0.1) is 0 Å². The highest BCUT2D eigenvalue weighted by Gasteiger charge is 2.23. The van der Waals surface area contributed by atoms with Crippen LogP contribution in [0.5, 0.6) is 11.5 Å². The smallest absolute Gasteiger partial charge is 0.231 e. The molecule has 2 heterocycles. The molecule has 0 spiro atoms. The van der Waals surface area contributed by atoms with E-state index < -0.39 is 0 Å². The number of nitrogens with zero attached hydrogens (tertiary/aromatic N) is 3. The van der Waals surface area contributed by atoms with Gasteiger partial charge < -0.3 is 25.0 Å². The van der Waals surface area contributed by atoms with Gasteiger partial charge in [-0.2, -0.15) is 4.98 Å². The van der Waals surface area contributed by atoms with Gasteiger partial charge in [-0.1, -0.05) is 24.3 Å². The molecular weight excluding hydrogens is 390 g/mol. The number of rotatable bonds is 6. The number of ether oxygens (including phenoxy) is 2. The lowest BCUT2D eigenvalue weighted by molar-refractivity contribution is 0.173. The van der Waals surface area contributed by atoms with E-state index in [1.54, 1.807) is 0 Å². The molecule has 0 radical (unpaired) electrons. The van der Waals surface area contributed by atoms with Crippen LogP contribution >= 0.6 is 0 Å². The summed E-state index contributed by atoms with van der Waals surface area (Å²) >= 11 is 0. The Balaban J connectivity index is 1.18. The molecule has 1 aromatic heterocycles. The van der Waals surface area contributed by atoms with Crippen LogP contribution in [0.4, 0.5) is 11.8 Å². The van der Waals surface area contributed by atoms with Crippen molar-refractivity contribution < 1.29 is 9.47 Å². The average Bonchev–Trinajstić information content (AvgIpc) is 3.27. The van der Waals surface area contributed by atoms with Gasteiger partial charge in [0.15, 0.2) is 11.5 Å². The van der Waals surface area contributed by atoms with E-state index in [0.717, 1.165) is 72.0 Å². The number of benzene rings is 2. The summed E-state index contributed by atoms with van der Waals surface area (Å²) in [6.45, 7) is 1.12. The third kappa shape index (κ3) is 4.23. The highest BCUT2D eigenvalue weighted by molar-refractivity contribution is 5.90. The molecule has 7 heteroatoms. The summed E-state index contributed by atoms with van der Waals surface area (Å²) in [5.41, 5.74) is 2.14. The summed E-state index contributed by atoms with van der Waals surface area (Å²) < 4.78 is 11.1. The lowest BCUT2D eigenvalue weighted by Crippen LogP contribution is -2.37. The first-order valence-corrected chi connectivity index (χ1v) is 11.0. The molecule has 2 aliphatic rings. The first-order valence-electron chi connectivity index (χ1n) is 11.0. The molecule has 2 aromatic carbocycles. The molecule has 3 aromatic rings. The fraction of sp³-hybridized carbons (Fsp3) is 0.417. The van der Waals surface area contributed by atoms with E-state index in [0.29, 0.717) is 18.9 Å². The third-order valence-corrected chi connectivity index (χ3v) is 6.13. The lowest BCUT2D eigenvalue weighted by Gasteiger charge is -2.30. The Morgan fingerprint density at radius 2 is 1.74 bits per heavy atom. The number of anilines is 2. The Kier molecular flexibility index (Phi) is 5.51. The molecule has 31 heavy (non-hydrogen) atoms. The van der Waals surface area contributed by atoms with Gasteiger partial charge in [-0.3, -0.25) is 0 Å². The van der Waals surface area contributed by atoms with Gasteiger partial charge in [-0.05, 0) is 43.9 Å². The maximum atomic E-state index is 5.62. The monoisotopic (exact) mass is 419 g/mol. The van der Waals surface area contributed by atoms with Crippen molar-refractivity contribution in [1.29, 1.82) is 0 Å². The third-order valence-electron chi connectivity index (χ3n) is 6.13. The molecule has 0 bridgehead atoms. The predicted octanol–water partition coefficient (Wildman–Crippen LogP) is 3.94. The van der Waals surface area contributed by atoms with E-state index in [-0.39, 0.29) is 0 Å². The van der Waals surface area contributed by atoms with E-state index in [1.807, 2.05) is 49.3 Å². The van der Waals surface area contributed by atoms with Crippen LogP contribution in [0.1, 0.15) is 31.2 Å². The van der Waals surface area contributed by atoms with Crippen molar-refractivity contribution in [1.82, 2.24) is 15.3 Å². The summed E-state index contributed by atoms with van der Waals surface area (Å²) in [5.74, 6) is 3.40. The van der Waals surface area contributed by atoms with E-state index in [9.17, 15) is 0 Å². The van der Waals surface area contributed by atoms with Gasteiger partial charge in [0.25, 0.3) is 0 Å². The van der Waals surface area contributed by atoms with Crippen LogP contribution in [0.15, 0.2) is 42.5 Å². The highest BCUT2D eigenvalue weighted by Crippen LogP contribution is 2.35. The van der Waals surface area contributed by atoms with Crippen LogP contribution in [0.3, 0.4) is 0 Å². The van der Waals surface area contributed by atoms with Gasteiger partial charge in [0.1, 0.15) is 5.82 Å². The Morgan fingerprint density at radius 3 is 2.58 bits per heavy atom. The second-order valence-corrected chi connectivity index (χ2v) is 8.51. The zero-order chi connectivity index (χ0) is 21.2. The van der Waals surface area contributed by atoms with Gasteiger partial charge in [0.2, 0.25) is 12.7 Å². The van der Waals surface area contributed by atoms with Crippen molar-refractivity contribution in [2.75, 3.05) is 31.1 Å². The Hall–Kier alpha value is -3.06. The molecule has 0 saturated heterocycles. The summed E-state index contributed by atoms with van der Waals surface area (Å²) in [6, 6.07) is 15.2.